The molecule has 0 amide bonds. The molecule has 1 aliphatic rings. The van der Waals surface area contributed by atoms with Crippen LogP contribution in [0.25, 0.3) is 0 Å². The molecule has 0 aromatic carbocycles. The minimum Gasteiger partial charge on any atom is -0.393 e. The fraction of sp³-hybridized carbons (Fsp3) is 1.00. The first-order valence-corrected chi connectivity index (χ1v) is 14.1. The second-order valence-electron chi connectivity index (χ2n) is 8.19. The molecule has 1 heterocycles. The molecular weight excluding hydrogens is 352 g/mol. The van der Waals surface area contributed by atoms with Gasteiger partial charge in [-0.25, -0.2) is 0 Å². The highest BCUT2D eigenvalue weighted by molar-refractivity contribution is 6.70. The highest BCUT2D eigenvalue weighted by atomic mass is 28.4. The summed E-state index contributed by atoms with van der Waals surface area (Å²) in [4.78, 5) is 0. The summed E-state index contributed by atoms with van der Waals surface area (Å²) in [6.45, 7) is 10.9. The smallest absolute Gasteiger partial charge is 0.371 e. The molecule has 1 fully saturated rings. The van der Waals surface area contributed by atoms with E-state index in [4.69, 9.17) is 13.6 Å². The van der Waals surface area contributed by atoms with E-state index in [9.17, 15) is 0 Å². The SMILES string of the molecule is CCCCCCCCCCCCC1(OCC)CCCC[Si]1(OCC)OCC. The van der Waals surface area contributed by atoms with Gasteiger partial charge >= 0.3 is 8.56 Å². The number of unbranched alkanes of at least 4 members (excludes halogenated alkanes) is 9. The first-order valence-electron chi connectivity index (χ1n) is 12.1. The molecule has 0 spiro atoms. The molecule has 27 heavy (non-hydrogen) atoms. The van der Waals surface area contributed by atoms with Crippen molar-refractivity contribution in [2.45, 2.75) is 129 Å². The van der Waals surface area contributed by atoms with Crippen LogP contribution in [0.1, 0.15) is 118 Å². The molecule has 1 rings (SSSR count). The van der Waals surface area contributed by atoms with Crippen LogP contribution in [0.2, 0.25) is 6.04 Å². The maximum absolute atomic E-state index is 6.49. The van der Waals surface area contributed by atoms with E-state index in [-0.39, 0.29) is 5.22 Å². The Morgan fingerprint density at radius 2 is 1.22 bits per heavy atom. The van der Waals surface area contributed by atoms with Crippen LogP contribution in [0.5, 0.6) is 0 Å². The number of ether oxygens (including phenoxy) is 1. The third-order valence-corrected chi connectivity index (χ3v) is 10.7. The number of rotatable bonds is 17. The highest BCUT2D eigenvalue weighted by Gasteiger charge is 2.59. The van der Waals surface area contributed by atoms with E-state index >= 15 is 0 Å². The third kappa shape index (κ3) is 8.16. The minimum absolute atomic E-state index is 0.119. The number of hydrogen-bond donors (Lipinski definition) is 0. The molecule has 0 aromatic heterocycles. The van der Waals surface area contributed by atoms with Gasteiger partial charge in [0.05, 0.1) is 0 Å². The molecule has 0 N–H and O–H groups in total. The Morgan fingerprint density at radius 3 is 1.74 bits per heavy atom. The Kier molecular flexibility index (Phi) is 14.0. The lowest BCUT2D eigenvalue weighted by Gasteiger charge is -2.49. The standard InChI is InChI=1S/C23H48O3Si/c1-5-9-10-11-12-13-14-15-16-17-20-23(24-6-2)21-18-19-22-27(23,25-7-3)26-8-4/h5-22H2,1-4H3. The first-order chi connectivity index (χ1) is 13.2. The van der Waals surface area contributed by atoms with Crippen molar-refractivity contribution in [3.05, 3.63) is 0 Å². The zero-order chi connectivity index (χ0) is 19.8. The Morgan fingerprint density at radius 1 is 0.667 bits per heavy atom. The van der Waals surface area contributed by atoms with Gasteiger partial charge < -0.3 is 13.6 Å². The Labute approximate surface area is 171 Å². The van der Waals surface area contributed by atoms with Crippen LogP contribution in [-0.4, -0.2) is 33.6 Å². The molecule has 0 aromatic rings. The van der Waals surface area contributed by atoms with Crippen molar-refractivity contribution in [3.8, 4) is 0 Å². The highest BCUT2D eigenvalue weighted by Crippen LogP contribution is 2.44. The van der Waals surface area contributed by atoms with Crippen LogP contribution in [0.15, 0.2) is 0 Å². The zero-order valence-electron chi connectivity index (χ0n) is 19.0. The van der Waals surface area contributed by atoms with Gasteiger partial charge in [0.2, 0.25) is 0 Å². The van der Waals surface area contributed by atoms with Crippen LogP contribution in [-0.2, 0) is 13.6 Å². The Bertz CT molecular complexity index is 335. The van der Waals surface area contributed by atoms with Crippen molar-refractivity contribution in [1.29, 1.82) is 0 Å². The summed E-state index contributed by atoms with van der Waals surface area (Å²) < 4.78 is 19.3. The molecule has 1 unspecified atom stereocenters. The van der Waals surface area contributed by atoms with Crippen molar-refractivity contribution >= 4 is 8.56 Å². The summed E-state index contributed by atoms with van der Waals surface area (Å²) >= 11 is 0. The largest absolute Gasteiger partial charge is 0.393 e. The number of hydrogen-bond acceptors (Lipinski definition) is 3. The molecular formula is C23H48O3Si. The maximum atomic E-state index is 6.49. The van der Waals surface area contributed by atoms with Gasteiger partial charge in [-0.2, -0.15) is 0 Å². The van der Waals surface area contributed by atoms with Crippen molar-refractivity contribution < 1.29 is 13.6 Å². The summed E-state index contributed by atoms with van der Waals surface area (Å²) in [6, 6.07) is 1.10. The van der Waals surface area contributed by atoms with Gasteiger partial charge in [0, 0.05) is 19.8 Å². The van der Waals surface area contributed by atoms with E-state index < -0.39 is 8.56 Å². The van der Waals surface area contributed by atoms with Gasteiger partial charge in [-0.1, -0.05) is 84.0 Å². The van der Waals surface area contributed by atoms with E-state index in [0.29, 0.717) is 0 Å². The van der Waals surface area contributed by atoms with Gasteiger partial charge in [0.25, 0.3) is 0 Å². The summed E-state index contributed by atoms with van der Waals surface area (Å²) in [7, 11) is -2.30. The summed E-state index contributed by atoms with van der Waals surface area (Å²) in [5, 5.41) is -0.119. The van der Waals surface area contributed by atoms with Gasteiger partial charge in [0.15, 0.2) is 0 Å². The second kappa shape index (κ2) is 15.0. The normalized spacial score (nSPS) is 22.2. The van der Waals surface area contributed by atoms with E-state index in [1.807, 2.05) is 0 Å². The van der Waals surface area contributed by atoms with Crippen LogP contribution in [0, 0.1) is 0 Å². The molecule has 1 saturated heterocycles. The van der Waals surface area contributed by atoms with E-state index in [1.165, 1.54) is 77.0 Å². The van der Waals surface area contributed by atoms with Crippen molar-refractivity contribution in [1.82, 2.24) is 0 Å². The lowest BCUT2D eigenvalue weighted by Crippen LogP contribution is -2.66. The molecule has 3 nitrogen and oxygen atoms in total. The fourth-order valence-electron chi connectivity index (χ4n) is 4.85. The van der Waals surface area contributed by atoms with Crippen LogP contribution < -0.4 is 0 Å². The third-order valence-electron chi connectivity index (χ3n) is 6.14. The Hall–Kier alpha value is 0.0969. The first kappa shape index (κ1) is 25.1. The molecule has 162 valence electrons. The Balaban J connectivity index is 2.45. The minimum atomic E-state index is -2.30. The monoisotopic (exact) mass is 400 g/mol. The summed E-state index contributed by atoms with van der Waals surface area (Å²) in [6.07, 6.45) is 18.5. The van der Waals surface area contributed by atoms with Gasteiger partial charge in [-0.05, 0) is 39.7 Å². The zero-order valence-corrected chi connectivity index (χ0v) is 20.0. The lowest BCUT2D eigenvalue weighted by molar-refractivity contribution is -0.0468. The predicted octanol–water partition coefficient (Wildman–Crippen LogP) is 7.31. The van der Waals surface area contributed by atoms with Crippen molar-refractivity contribution in [2.24, 2.45) is 0 Å². The van der Waals surface area contributed by atoms with Gasteiger partial charge in [0.1, 0.15) is 5.22 Å². The summed E-state index contributed by atoms with van der Waals surface area (Å²) in [5.74, 6) is 0. The fourth-order valence-corrected chi connectivity index (χ4v) is 9.33. The molecule has 0 aliphatic carbocycles. The second-order valence-corrected chi connectivity index (χ2v) is 11.7. The average Bonchev–Trinajstić information content (AvgIpc) is 2.66. The molecule has 0 bridgehead atoms. The quantitative estimate of drug-likeness (QED) is 0.189. The van der Waals surface area contributed by atoms with Crippen molar-refractivity contribution in [3.63, 3.8) is 0 Å². The van der Waals surface area contributed by atoms with E-state index in [1.54, 1.807) is 0 Å². The molecule has 1 atom stereocenters. The lowest BCUT2D eigenvalue weighted by atomic mass is 10.0. The van der Waals surface area contributed by atoms with Crippen LogP contribution in [0.3, 0.4) is 0 Å². The average molecular weight is 401 g/mol. The van der Waals surface area contributed by atoms with E-state index in [0.717, 1.165) is 38.7 Å². The molecule has 1 aliphatic heterocycles. The summed E-state index contributed by atoms with van der Waals surface area (Å²) in [5.41, 5.74) is 0. The maximum Gasteiger partial charge on any atom is 0.371 e. The van der Waals surface area contributed by atoms with Crippen molar-refractivity contribution in [2.75, 3.05) is 19.8 Å². The van der Waals surface area contributed by atoms with E-state index in [2.05, 4.69) is 27.7 Å². The predicted molar refractivity (Wildman–Crippen MR) is 118 cm³/mol. The topological polar surface area (TPSA) is 27.7 Å². The van der Waals surface area contributed by atoms with Gasteiger partial charge in [-0.15, -0.1) is 0 Å². The van der Waals surface area contributed by atoms with Crippen LogP contribution in [0.4, 0.5) is 0 Å². The molecule has 4 heteroatoms. The van der Waals surface area contributed by atoms with Gasteiger partial charge in [-0.3, -0.25) is 0 Å². The molecule has 0 saturated carbocycles. The van der Waals surface area contributed by atoms with Crippen LogP contribution >= 0.6 is 0 Å². The molecule has 0 radical (unpaired) electrons.